The van der Waals surface area contributed by atoms with Gasteiger partial charge in [0.15, 0.2) is 0 Å². The highest BCUT2D eigenvalue weighted by Crippen LogP contribution is 2.19. The summed E-state index contributed by atoms with van der Waals surface area (Å²) in [5.41, 5.74) is 1.23. The summed E-state index contributed by atoms with van der Waals surface area (Å²) in [7, 11) is 0. The van der Waals surface area contributed by atoms with Crippen molar-refractivity contribution < 1.29 is 4.92 Å². The number of benzene rings is 1. The molecule has 1 aliphatic rings. The Morgan fingerprint density at radius 2 is 2.33 bits per heavy atom. The van der Waals surface area contributed by atoms with Crippen molar-refractivity contribution in [2.75, 3.05) is 25.0 Å². The third-order valence-electron chi connectivity index (χ3n) is 3.71. The third-order valence-corrected chi connectivity index (χ3v) is 3.71. The Kier molecular flexibility index (Phi) is 3.92. The van der Waals surface area contributed by atoms with E-state index in [1.807, 2.05) is 0 Å². The van der Waals surface area contributed by atoms with Crippen LogP contribution < -0.4 is 10.6 Å². The number of fused-ring (bicyclic) bond motifs is 1. The van der Waals surface area contributed by atoms with E-state index in [2.05, 4.69) is 20.6 Å². The Bertz CT molecular complexity index is 655. The highest BCUT2D eigenvalue weighted by molar-refractivity contribution is 5.78. The second-order valence-electron chi connectivity index (χ2n) is 5.28. The van der Waals surface area contributed by atoms with E-state index in [1.54, 1.807) is 12.3 Å². The van der Waals surface area contributed by atoms with Gasteiger partial charge in [-0.1, -0.05) is 0 Å². The number of hydrogen-bond acceptors (Lipinski definition) is 6. The van der Waals surface area contributed by atoms with Crippen molar-refractivity contribution in [3.05, 3.63) is 34.5 Å². The first-order valence-corrected chi connectivity index (χ1v) is 7.08. The van der Waals surface area contributed by atoms with Gasteiger partial charge in [0.05, 0.1) is 22.2 Å². The molecule has 2 aromatic rings. The molecule has 1 atom stereocenters. The first-order chi connectivity index (χ1) is 10.2. The normalized spacial score (nSPS) is 18.6. The van der Waals surface area contributed by atoms with E-state index in [1.165, 1.54) is 25.0 Å². The maximum atomic E-state index is 10.7. The smallest absolute Gasteiger partial charge is 0.271 e. The third kappa shape index (κ3) is 3.25. The molecule has 110 valence electrons. The molecule has 2 N–H and O–H groups in total. The maximum Gasteiger partial charge on any atom is 0.271 e. The fourth-order valence-electron chi connectivity index (χ4n) is 2.54. The van der Waals surface area contributed by atoms with Crippen molar-refractivity contribution in [2.45, 2.75) is 12.8 Å². The van der Waals surface area contributed by atoms with Crippen molar-refractivity contribution in [3.63, 3.8) is 0 Å². The van der Waals surface area contributed by atoms with Gasteiger partial charge in [-0.3, -0.25) is 15.1 Å². The van der Waals surface area contributed by atoms with E-state index in [4.69, 9.17) is 0 Å². The van der Waals surface area contributed by atoms with E-state index in [0.717, 1.165) is 19.6 Å². The van der Waals surface area contributed by atoms with Gasteiger partial charge in [0, 0.05) is 18.7 Å². The Balaban J connectivity index is 1.71. The lowest BCUT2D eigenvalue weighted by atomic mass is 10.00. The standard InChI is InChI=1S/C14H17N5O2/c20-19(21)11-3-4-12-13(6-11)16-9-14(18-12)17-8-10-2-1-5-15-7-10/h3-4,6,9-10,15H,1-2,5,7-8H2,(H,17,18)/t10-/m0/s1. The van der Waals surface area contributed by atoms with Crippen molar-refractivity contribution >= 4 is 22.5 Å². The summed E-state index contributed by atoms with van der Waals surface area (Å²) in [6, 6.07) is 4.52. The molecule has 0 bridgehead atoms. The van der Waals surface area contributed by atoms with Gasteiger partial charge in [0.1, 0.15) is 5.82 Å². The van der Waals surface area contributed by atoms with Gasteiger partial charge >= 0.3 is 0 Å². The summed E-state index contributed by atoms with van der Waals surface area (Å²) in [5.74, 6) is 1.31. The minimum Gasteiger partial charge on any atom is -0.368 e. The monoisotopic (exact) mass is 287 g/mol. The summed E-state index contributed by atoms with van der Waals surface area (Å²) in [6.45, 7) is 2.99. The Morgan fingerprint density at radius 3 is 3.10 bits per heavy atom. The summed E-state index contributed by atoms with van der Waals surface area (Å²) in [5, 5.41) is 17.4. The van der Waals surface area contributed by atoms with Crippen LogP contribution in [0.2, 0.25) is 0 Å². The second kappa shape index (κ2) is 6.01. The second-order valence-corrected chi connectivity index (χ2v) is 5.28. The van der Waals surface area contributed by atoms with Gasteiger partial charge < -0.3 is 10.6 Å². The Morgan fingerprint density at radius 1 is 1.43 bits per heavy atom. The lowest BCUT2D eigenvalue weighted by Crippen LogP contribution is -2.33. The lowest BCUT2D eigenvalue weighted by molar-refractivity contribution is -0.384. The quantitative estimate of drug-likeness (QED) is 0.659. The lowest BCUT2D eigenvalue weighted by Gasteiger charge is -2.23. The van der Waals surface area contributed by atoms with Gasteiger partial charge in [0.2, 0.25) is 0 Å². The van der Waals surface area contributed by atoms with E-state index >= 15 is 0 Å². The molecular formula is C14H17N5O2. The number of nitro groups is 1. The number of piperidine rings is 1. The van der Waals surface area contributed by atoms with E-state index in [9.17, 15) is 10.1 Å². The zero-order chi connectivity index (χ0) is 14.7. The summed E-state index contributed by atoms with van der Waals surface area (Å²) >= 11 is 0. The number of hydrogen-bond donors (Lipinski definition) is 2. The molecule has 0 amide bonds. The molecule has 7 nitrogen and oxygen atoms in total. The van der Waals surface area contributed by atoms with E-state index < -0.39 is 4.92 Å². The predicted molar refractivity (Wildman–Crippen MR) is 80.3 cm³/mol. The van der Waals surface area contributed by atoms with Crippen LogP contribution in [0.1, 0.15) is 12.8 Å². The van der Waals surface area contributed by atoms with Gasteiger partial charge in [-0.25, -0.2) is 4.98 Å². The summed E-state index contributed by atoms with van der Waals surface area (Å²) in [4.78, 5) is 19.0. The zero-order valence-electron chi connectivity index (χ0n) is 11.6. The minimum atomic E-state index is -0.427. The highest BCUT2D eigenvalue weighted by atomic mass is 16.6. The molecule has 1 aliphatic heterocycles. The average molecular weight is 287 g/mol. The predicted octanol–water partition coefficient (Wildman–Crippen LogP) is 1.95. The Hall–Kier alpha value is -2.28. The minimum absolute atomic E-state index is 0.0331. The summed E-state index contributed by atoms with van der Waals surface area (Å²) < 4.78 is 0. The molecule has 1 aromatic carbocycles. The van der Waals surface area contributed by atoms with Gasteiger partial charge in [-0.05, 0) is 37.9 Å². The largest absolute Gasteiger partial charge is 0.368 e. The molecule has 21 heavy (non-hydrogen) atoms. The van der Waals surface area contributed by atoms with Gasteiger partial charge in [-0.15, -0.1) is 0 Å². The number of nitrogens with zero attached hydrogens (tertiary/aromatic N) is 3. The van der Waals surface area contributed by atoms with Crippen LogP contribution in [0, 0.1) is 16.0 Å². The number of anilines is 1. The van der Waals surface area contributed by atoms with Gasteiger partial charge in [0.25, 0.3) is 5.69 Å². The maximum absolute atomic E-state index is 10.7. The Labute approximate surface area is 121 Å². The van der Waals surface area contributed by atoms with Crippen LogP contribution in [-0.2, 0) is 0 Å². The molecule has 0 unspecified atom stereocenters. The van der Waals surface area contributed by atoms with Crippen LogP contribution in [0.25, 0.3) is 11.0 Å². The van der Waals surface area contributed by atoms with Crippen molar-refractivity contribution in [1.82, 2.24) is 15.3 Å². The first kappa shape index (κ1) is 13.7. The molecule has 1 aromatic heterocycles. The molecule has 0 saturated carbocycles. The van der Waals surface area contributed by atoms with Crippen molar-refractivity contribution in [3.8, 4) is 0 Å². The van der Waals surface area contributed by atoms with E-state index in [0.29, 0.717) is 22.8 Å². The van der Waals surface area contributed by atoms with Crippen LogP contribution in [0.4, 0.5) is 11.5 Å². The molecule has 1 fully saturated rings. The number of aromatic nitrogens is 2. The molecular weight excluding hydrogens is 270 g/mol. The first-order valence-electron chi connectivity index (χ1n) is 7.08. The number of nitro benzene ring substituents is 1. The number of nitrogens with one attached hydrogen (secondary N) is 2. The SMILES string of the molecule is O=[N+]([O-])c1ccc2nc(NC[C@H]3CCCNC3)cnc2c1. The van der Waals surface area contributed by atoms with Crippen LogP contribution in [0.3, 0.4) is 0 Å². The molecule has 0 aliphatic carbocycles. The molecule has 0 spiro atoms. The highest BCUT2D eigenvalue weighted by Gasteiger charge is 2.13. The summed E-state index contributed by atoms with van der Waals surface area (Å²) in [6.07, 6.45) is 4.05. The van der Waals surface area contributed by atoms with Crippen LogP contribution in [0.5, 0.6) is 0 Å². The molecule has 7 heteroatoms. The zero-order valence-corrected chi connectivity index (χ0v) is 11.6. The molecule has 2 heterocycles. The average Bonchev–Trinajstić information content (AvgIpc) is 2.53. The fourth-order valence-corrected chi connectivity index (χ4v) is 2.54. The number of rotatable bonds is 4. The van der Waals surface area contributed by atoms with Crippen LogP contribution in [-0.4, -0.2) is 34.5 Å². The van der Waals surface area contributed by atoms with Crippen molar-refractivity contribution in [1.29, 1.82) is 0 Å². The molecule has 0 radical (unpaired) electrons. The van der Waals surface area contributed by atoms with E-state index in [-0.39, 0.29) is 5.69 Å². The van der Waals surface area contributed by atoms with Gasteiger partial charge in [-0.2, -0.15) is 0 Å². The van der Waals surface area contributed by atoms with Crippen LogP contribution in [0.15, 0.2) is 24.4 Å². The number of non-ortho nitro benzene ring substituents is 1. The van der Waals surface area contributed by atoms with Crippen molar-refractivity contribution in [2.24, 2.45) is 5.92 Å². The van der Waals surface area contributed by atoms with Crippen LogP contribution >= 0.6 is 0 Å². The molecule has 3 rings (SSSR count). The topological polar surface area (TPSA) is 93.0 Å². The fraction of sp³-hybridized carbons (Fsp3) is 0.429. The molecule has 1 saturated heterocycles.